The Morgan fingerprint density at radius 2 is 1.31 bits per heavy atom. The fraction of sp³-hybridized carbons (Fsp3) is 0.800. The van der Waals surface area contributed by atoms with E-state index in [4.69, 9.17) is 23.1 Å². The number of allylic oxidation sites excluding steroid dienone is 1. The van der Waals surface area contributed by atoms with Crippen LogP contribution in [0.5, 0.6) is 0 Å². The first-order chi connectivity index (χ1) is 22.4. The fourth-order valence-electron chi connectivity index (χ4n) is 5.12. The van der Waals surface area contributed by atoms with Crippen LogP contribution in [0.2, 0.25) is 36.3 Å². The number of aliphatic hydroxyl groups is 1. The van der Waals surface area contributed by atoms with Crippen LogP contribution in [0.25, 0.3) is 0 Å². The van der Waals surface area contributed by atoms with Crippen molar-refractivity contribution in [2.24, 2.45) is 0 Å². The van der Waals surface area contributed by atoms with Gasteiger partial charge in [0.25, 0.3) is 0 Å². The van der Waals surface area contributed by atoms with E-state index in [1.807, 2.05) is 12.1 Å². The van der Waals surface area contributed by atoms with Gasteiger partial charge in [-0.3, -0.25) is 0 Å². The van der Waals surface area contributed by atoms with Crippen molar-refractivity contribution in [3.05, 3.63) is 48.0 Å². The van der Waals surface area contributed by atoms with E-state index >= 15 is 0 Å². The van der Waals surface area contributed by atoms with Gasteiger partial charge in [0, 0.05) is 13.7 Å². The molecule has 0 aliphatic heterocycles. The van der Waals surface area contributed by atoms with Gasteiger partial charge in [0.2, 0.25) is 0 Å². The topological polar surface area (TPSA) is 66.4 Å². The second-order valence-corrected chi connectivity index (χ2v) is 26.2. The van der Waals surface area contributed by atoms with E-state index in [1.54, 1.807) is 7.11 Å². The third kappa shape index (κ3) is 17.9. The predicted molar refractivity (Wildman–Crippen MR) is 209 cm³/mol. The highest BCUT2D eigenvalue weighted by Gasteiger charge is 2.44. The van der Waals surface area contributed by atoms with Crippen LogP contribution >= 0.6 is 0 Å². The smallest absolute Gasteiger partial charge is 0.192 e. The molecule has 0 spiro atoms. The lowest BCUT2D eigenvalue weighted by atomic mass is 9.99. The van der Waals surface area contributed by atoms with Gasteiger partial charge in [-0.05, 0) is 80.4 Å². The van der Waals surface area contributed by atoms with E-state index in [9.17, 15) is 5.11 Å². The van der Waals surface area contributed by atoms with Crippen LogP contribution in [0, 0.1) is 0 Å². The zero-order valence-electron chi connectivity index (χ0n) is 33.2. The summed E-state index contributed by atoms with van der Waals surface area (Å²) in [6.45, 7) is 26.7. The summed E-state index contributed by atoms with van der Waals surface area (Å²) in [4.78, 5) is 0. The Balaban J connectivity index is 3.14. The van der Waals surface area contributed by atoms with Crippen LogP contribution in [0.15, 0.2) is 42.5 Å². The molecule has 1 aromatic carbocycles. The van der Waals surface area contributed by atoms with E-state index in [2.05, 4.69) is 105 Å². The Bertz CT molecular complexity index is 970. The van der Waals surface area contributed by atoms with Crippen molar-refractivity contribution in [1.82, 2.24) is 0 Å². The molecule has 1 N–H and O–H groups in total. The molecule has 1 rings (SSSR count). The molecule has 4 atom stereocenters. The summed E-state index contributed by atoms with van der Waals surface area (Å²) in [5.74, 6) is 0. The van der Waals surface area contributed by atoms with E-state index in [1.165, 1.54) is 37.7 Å². The molecule has 1 aromatic rings. The van der Waals surface area contributed by atoms with Gasteiger partial charge in [-0.2, -0.15) is 0 Å². The number of benzene rings is 1. The molecule has 0 saturated heterocycles. The van der Waals surface area contributed by atoms with Crippen molar-refractivity contribution in [1.29, 1.82) is 0 Å². The first kappa shape index (κ1) is 45.2. The normalized spacial score (nSPS) is 15.9. The minimum atomic E-state index is -2.16. The molecule has 0 fully saturated rings. The van der Waals surface area contributed by atoms with Crippen LogP contribution < -0.4 is 0 Å². The highest BCUT2D eigenvalue weighted by atomic mass is 28.4. The van der Waals surface area contributed by atoms with Crippen LogP contribution in [-0.4, -0.2) is 66.7 Å². The molecule has 48 heavy (non-hydrogen) atoms. The molecule has 0 aromatic heterocycles. The van der Waals surface area contributed by atoms with Crippen molar-refractivity contribution in [2.75, 3.05) is 20.5 Å². The van der Waals surface area contributed by atoms with Gasteiger partial charge in [-0.25, -0.2) is 0 Å². The number of hydrogen-bond acceptors (Lipinski definition) is 6. The third-order valence-corrected chi connectivity index (χ3v) is 19.4. The second kappa shape index (κ2) is 22.9. The zero-order chi connectivity index (χ0) is 36.3. The molecule has 8 heteroatoms. The Morgan fingerprint density at radius 3 is 1.88 bits per heavy atom. The number of methoxy groups -OCH3 is 1. The number of unbranched alkanes of at least 4 members (excludes halogenated alkanes) is 6. The largest absolute Gasteiger partial charge is 0.411 e. The maximum absolute atomic E-state index is 11.5. The van der Waals surface area contributed by atoms with E-state index in [0.29, 0.717) is 26.1 Å². The minimum absolute atomic E-state index is 0.0492. The zero-order valence-corrected chi connectivity index (χ0v) is 35.2. The Kier molecular flexibility index (Phi) is 21.5. The Hall–Kier alpha value is -0.846. The van der Waals surface area contributed by atoms with Crippen LogP contribution in [0.1, 0.15) is 125 Å². The summed E-state index contributed by atoms with van der Waals surface area (Å²) in [7, 11) is -2.66. The molecule has 280 valence electrons. The van der Waals surface area contributed by atoms with Crippen LogP contribution in [0.3, 0.4) is 0 Å². The molecular weight excluding hydrogens is 633 g/mol. The monoisotopic (exact) mass is 709 g/mol. The summed E-state index contributed by atoms with van der Waals surface area (Å²) >= 11 is 0. The number of hydrogen-bond donors (Lipinski definition) is 1. The molecule has 0 heterocycles. The number of rotatable bonds is 26. The summed E-state index contributed by atoms with van der Waals surface area (Å²) in [6, 6.07) is 10.3. The Morgan fingerprint density at radius 1 is 0.750 bits per heavy atom. The molecule has 0 aliphatic rings. The number of ether oxygens (including phenoxy) is 3. The molecule has 0 bridgehead atoms. The van der Waals surface area contributed by atoms with E-state index < -0.39 is 28.8 Å². The van der Waals surface area contributed by atoms with Gasteiger partial charge in [0.15, 0.2) is 16.6 Å². The maximum atomic E-state index is 11.5. The highest BCUT2D eigenvalue weighted by molar-refractivity contribution is 6.74. The molecular formula is C40H76O6Si2. The molecule has 0 saturated carbocycles. The SMILES string of the molecule is CCCCCCCC/C=C/[C@@H](OCOC)[C@@H](O)CC[C@H](O[Si](C)(C)C(C)(C)C)[C@H](CCCOCc1ccccc1)O[Si](C)(C)C(C)(C)C. The van der Waals surface area contributed by atoms with Gasteiger partial charge < -0.3 is 28.2 Å². The average Bonchev–Trinajstić information content (AvgIpc) is 3.00. The Labute approximate surface area is 299 Å². The van der Waals surface area contributed by atoms with E-state index in [-0.39, 0.29) is 29.1 Å². The predicted octanol–water partition coefficient (Wildman–Crippen LogP) is 11.2. The van der Waals surface area contributed by atoms with Gasteiger partial charge >= 0.3 is 0 Å². The number of aliphatic hydroxyl groups excluding tert-OH is 1. The first-order valence-electron chi connectivity index (χ1n) is 18.9. The summed E-state index contributed by atoms with van der Waals surface area (Å²) < 4.78 is 31.7. The first-order valence-corrected chi connectivity index (χ1v) is 24.7. The fourth-order valence-corrected chi connectivity index (χ4v) is 7.88. The average molecular weight is 709 g/mol. The van der Waals surface area contributed by atoms with Gasteiger partial charge in [-0.1, -0.05) is 123 Å². The molecule has 0 amide bonds. The van der Waals surface area contributed by atoms with Gasteiger partial charge in [0.05, 0.1) is 24.9 Å². The van der Waals surface area contributed by atoms with Crippen LogP contribution in [0.4, 0.5) is 0 Å². The lowest BCUT2D eigenvalue weighted by Gasteiger charge is -2.45. The van der Waals surface area contributed by atoms with Crippen molar-refractivity contribution in [3.8, 4) is 0 Å². The van der Waals surface area contributed by atoms with Crippen molar-refractivity contribution < 1.29 is 28.2 Å². The molecule has 0 aliphatic carbocycles. The lowest BCUT2D eigenvalue weighted by Crippen LogP contribution is -2.52. The molecule has 6 nitrogen and oxygen atoms in total. The second-order valence-electron chi connectivity index (χ2n) is 16.7. The summed E-state index contributed by atoms with van der Waals surface area (Å²) in [5.41, 5.74) is 1.19. The third-order valence-electron chi connectivity index (χ3n) is 10.4. The van der Waals surface area contributed by atoms with Crippen molar-refractivity contribution in [3.63, 3.8) is 0 Å². The molecule has 0 radical (unpaired) electrons. The standard InChI is InChI=1S/C40H76O6Si2/c1-13-14-15-16-17-18-19-23-27-36(44-33-42-8)35(41)29-30-38(46-48(11,12)40(5,6)7)37(45-47(9,10)39(2,3)4)28-24-31-43-32-34-25-21-20-22-26-34/h20-23,25-27,35-38,41H,13-19,24,28-33H2,1-12H3/b27-23+/t35-,36+,37-,38-/m0/s1. The summed E-state index contributed by atoms with van der Waals surface area (Å²) in [6.07, 6.45) is 14.5. The molecule has 0 unspecified atom stereocenters. The van der Waals surface area contributed by atoms with E-state index in [0.717, 1.165) is 25.7 Å². The lowest BCUT2D eigenvalue weighted by molar-refractivity contribution is -0.0972. The minimum Gasteiger partial charge on any atom is -0.411 e. The summed E-state index contributed by atoms with van der Waals surface area (Å²) in [5, 5.41) is 11.6. The van der Waals surface area contributed by atoms with Crippen LogP contribution in [-0.2, 0) is 29.7 Å². The van der Waals surface area contributed by atoms with Crippen molar-refractivity contribution in [2.45, 2.75) is 186 Å². The quantitative estimate of drug-likeness (QED) is 0.0447. The highest BCUT2D eigenvalue weighted by Crippen LogP contribution is 2.42. The maximum Gasteiger partial charge on any atom is 0.192 e. The van der Waals surface area contributed by atoms with Crippen molar-refractivity contribution >= 4 is 16.6 Å². The van der Waals surface area contributed by atoms with Gasteiger partial charge in [0.1, 0.15) is 12.9 Å². The van der Waals surface area contributed by atoms with Gasteiger partial charge in [-0.15, -0.1) is 0 Å².